The largest absolute Gasteiger partial charge is 0.436 e. The predicted octanol–water partition coefficient (Wildman–Crippen LogP) is 5.23. The number of fused-ring (bicyclic) bond motifs is 1. The summed E-state index contributed by atoms with van der Waals surface area (Å²) in [5.74, 6) is 1.21. The average molecular weight is 334 g/mol. The predicted molar refractivity (Wildman–Crippen MR) is 79.2 cm³/mol. The fraction of sp³-hybridized carbons (Fsp3) is 0.0833. The molecule has 0 fully saturated rings. The molecule has 0 aliphatic rings. The van der Waals surface area contributed by atoms with Crippen LogP contribution in [-0.2, 0) is 5.88 Å². The molecule has 0 spiro atoms. The van der Waals surface area contributed by atoms with E-state index in [0.29, 0.717) is 27.6 Å². The van der Waals surface area contributed by atoms with Crippen molar-refractivity contribution >= 4 is 51.1 Å². The van der Waals surface area contributed by atoms with Gasteiger partial charge >= 0.3 is 0 Å². The van der Waals surface area contributed by atoms with Gasteiger partial charge in [0.15, 0.2) is 4.96 Å². The standard InChI is InChI=1S/C12H7Cl3N2OS/c13-6-9-11(16-12-17(9)3-4-19-12)18-10-5-7(14)1-2-8(10)15/h1-5H,6H2. The number of halogens is 3. The Balaban J connectivity index is 2.05. The monoisotopic (exact) mass is 332 g/mol. The number of thiazole rings is 1. The Morgan fingerprint density at radius 3 is 2.95 bits per heavy atom. The van der Waals surface area contributed by atoms with E-state index in [1.807, 2.05) is 16.0 Å². The summed E-state index contributed by atoms with van der Waals surface area (Å²) in [6.45, 7) is 0. The molecule has 7 heteroatoms. The molecule has 2 aromatic heterocycles. The minimum absolute atomic E-state index is 0.297. The summed E-state index contributed by atoms with van der Waals surface area (Å²) >= 11 is 19.5. The van der Waals surface area contributed by atoms with Gasteiger partial charge in [0.25, 0.3) is 0 Å². The lowest BCUT2D eigenvalue weighted by atomic mass is 10.3. The first-order valence-corrected chi connectivity index (χ1v) is 7.49. The van der Waals surface area contributed by atoms with E-state index >= 15 is 0 Å². The first-order valence-electron chi connectivity index (χ1n) is 5.32. The molecule has 0 atom stereocenters. The molecule has 3 nitrogen and oxygen atoms in total. The highest BCUT2D eigenvalue weighted by molar-refractivity contribution is 7.15. The van der Waals surface area contributed by atoms with Gasteiger partial charge in [-0.25, -0.2) is 0 Å². The minimum Gasteiger partial charge on any atom is -0.436 e. The van der Waals surface area contributed by atoms with Crippen LogP contribution in [-0.4, -0.2) is 9.38 Å². The maximum absolute atomic E-state index is 6.07. The molecule has 0 saturated carbocycles. The molecule has 19 heavy (non-hydrogen) atoms. The second-order valence-electron chi connectivity index (χ2n) is 3.73. The fourth-order valence-corrected chi connectivity index (χ4v) is 2.96. The zero-order chi connectivity index (χ0) is 13.4. The topological polar surface area (TPSA) is 26.5 Å². The first-order chi connectivity index (χ1) is 9.19. The number of aromatic nitrogens is 2. The van der Waals surface area contributed by atoms with Crippen LogP contribution in [0.4, 0.5) is 0 Å². The molecular weight excluding hydrogens is 327 g/mol. The zero-order valence-corrected chi connectivity index (χ0v) is 12.5. The smallest absolute Gasteiger partial charge is 0.243 e. The second kappa shape index (κ2) is 5.21. The average Bonchev–Trinajstić information content (AvgIpc) is 2.94. The number of benzene rings is 1. The maximum atomic E-state index is 6.07. The van der Waals surface area contributed by atoms with Gasteiger partial charge in [0.05, 0.1) is 10.9 Å². The quantitative estimate of drug-likeness (QED) is 0.613. The molecule has 0 bridgehead atoms. The zero-order valence-electron chi connectivity index (χ0n) is 9.44. The second-order valence-corrected chi connectivity index (χ2v) is 5.71. The highest BCUT2D eigenvalue weighted by atomic mass is 35.5. The Morgan fingerprint density at radius 1 is 1.32 bits per heavy atom. The Hall–Kier alpha value is -0.940. The first kappa shape index (κ1) is 13.1. The SMILES string of the molecule is ClCc1c(Oc2cc(Cl)ccc2Cl)nc2sccn12. The summed E-state index contributed by atoms with van der Waals surface area (Å²) < 4.78 is 7.62. The lowest BCUT2D eigenvalue weighted by Crippen LogP contribution is -1.91. The third-order valence-corrected chi connectivity index (χ3v) is 4.11. The van der Waals surface area contributed by atoms with Gasteiger partial charge in [-0.05, 0) is 12.1 Å². The van der Waals surface area contributed by atoms with Crippen molar-refractivity contribution in [3.8, 4) is 11.6 Å². The van der Waals surface area contributed by atoms with Crippen LogP contribution in [0.25, 0.3) is 4.96 Å². The van der Waals surface area contributed by atoms with Gasteiger partial charge in [-0.15, -0.1) is 22.9 Å². The van der Waals surface area contributed by atoms with Crippen molar-refractivity contribution < 1.29 is 4.74 Å². The molecular formula is C12H7Cl3N2OS. The van der Waals surface area contributed by atoms with Crippen LogP contribution in [0.1, 0.15) is 5.69 Å². The molecule has 0 amide bonds. The molecule has 0 saturated heterocycles. The lowest BCUT2D eigenvalue weighted by Gasteiger charge is -2.06. The van der Waals surface area contributed by atoms with E-state index in [0.717, 1.165) is 10.7 Å². The summed E-state index contributed by atoms with van der Waals surface area (Å²) in [6, 6.07) is 5.03. The summed E-state index contributed by atoms with van der Waals surface area (Å²) in [7, 11) is 0. The van der Waals surface area contributed by atoms with E-state index in [1.54, 1.807) is 18.2 Å². The third-order valence-electron chi connectivity index (χ3n) is 2.55. The molecule has 0 N–H and O–H groups in total. The third kappa shape index (κ3) is 2.41. The van der Waals surface area contributed by atoms with Crippen LogP contribution in [0, 0.1) is 0 Å². The Labute approximate surface area is 128 Å². The van der Waals surface area contributed by atoms with Crippen LogP contribution in [0.3, 0.4) is 0 Å². The maximum Gasteiger partial charge on any atom is 0.243 e. The van der Waals surface area contributed by atoms with E-state index in [2.05, 4.69) is 4.98 Å². The number of alkyl halides is 1. The molecule has 0 aliphatic carbocycles. The number of hydrogen-bond donors (Lipinski definition) is 0. The summed E-state index contributed by atoms with van der Waals surface area (Å²) in [6.07, 6.45) is 1.90. The van der Waals surface area contributed by atoms with Crippen molar-refractivity contribution in [3.63, 3.8) is 0 Å². The van der Waals surface area contributed by atoms with Gasteiger partial charge in [-0.2, -0.15) is 4.98 Å². The molecule has 3 rings (SSSR count). The number of nitrogens with zero attached hydrogens (tertiary/aromatic N) is 2. The molecule has 1 aromatic carbocycles. The number of hydrogen-bond acceptors (Lipinski definition) is 3. The summed E-state index contributed by atoms with van der Waals surface area (Å²) in [5.41, 5.74) is 0.786. The molecule has 3 aromatic rings. The Bertz CT molecular complexity index is 738. The molecule has 0 aliphatic heterocycles. The van der Waals surface area contributed by atoms with Crippen molar-refractivity contribution in [3.05, 3.63) is 45.5 Å². The minimum atomic E-state index is 0.297. The molecule has 98 valence electrons. The highest BCUT2D eigenvalue weighted by Gasteiger charge is 2.15. The normalized spacial score (nSPS) is 11.1. The van der Waals surface area contributed by atoms with Gasteiger partial charge in [0.2, 0.25) is 5.88 Å². The molecule has 2 heterocycles. The van der Waals surface area contributed by atoms with E-state index in [1.165, 1.54) is 11.3 Å². The Morgan fingerprint density at radius 2 is 2.16 bits per heavy atom. The Kier molecular flexibility index (Phi) is 3.58. The highest BCUT2D eigenvalue weighted by Crippen LogP contribution is 2.34. The van der Waals surface area contributed by atoms with Crippen molar-refractivity contribution in [2.75, 3.05) is 0 Å². The van der Waals surface area contributed by atoms with Crippen LogP contribution in [0.2, 0.25) is 10.0 Å². The molecule has 0 unspecified atom stereocenters. The van der Waals surface area contributed by atoms with Gasteiger partial charge in [0.1, 0.15) is 11.4 Å². The number of rotatable bonds is 3. The van der Waals surface area contributed by atoms with Gasteiger partial charge in [-0.1, -0.05) is 23.2 Å². The van der Waals surface area contributed by atoms with Gasteiger partial charge in [-0.3, -0.25) is 4.40 Å². The van der Waals surface area contributed by atoms with Crippen molar-refractivity contribution in [1.29, 1.82) is 0 Å². The van der Waals surface area contributed by atoms with Gasteiger partial charge < -0.3 is 4.74 Å². The van der Waals surface area contributed by atoms with E-state index in [4.69, 9.17) is 39.5 Å². The summed E-state index contributed by atoms with van der Waals surface area (Å²) in [5, 5.41) is 2.96. The van der Waals surface area contributed by atoms with Crippen LogP contribution >= 0.6 is 46.1 Å². The lowest BCUT2D eigenvalue weighted by molar-refractivity contribution is 0.462. The van der Waals surface area contributed by atoms with Crippen LogP contribution in [0.15, 0.2) is 29.8 Å². The van der Waals surface area contributed by atoms with E-state index < -0.39 is 0 Å². The van der Waals surface area contributed by atoms with E-state index in [9.17, 15) is 0 Å². The molecule has 0 radical (unpaired) electrons. The van der Waals surface area contributed by atoms with Crippen molar-refractivity contribution in [1.82, 2.24) is 9.38 Å². The van der Waals surface area contributed by atoms with Crippen LogP contribution < -0.4 is 4.74 Å². The van der Waals surface area contributed by atoms with Crippen molar-refractivity contribution in [2.45, 2.75) is 5.88 Å². The fourth-order valence-electron chi connectivity index (χ4n) is 1.68. The van der Waals surface area contributed by atoms with Crippen molar-refractivity contribution in [2.24, 2.45) is 0 Å². The van der Waals surface area contributed by atoms with Gasteiger partial charge in [0, 0.05) is 22.7 Å². The number of imidazole rings is 1. The van der Waals surface area contributed by atoms with Crippen LogP contribution in [0.5, 0.6) is 11.6 Å². The van der Waals surface area contributed by atoms with E-state index in [-0.39, 0.29) is 0 Å². The number of ether oxygens (including phenoxy) is 1. The summed E-state index contributed by atoms with van der Waals surface area (Å²) in [4.78, 5) is 5.21.